The molecule has 1 saturated carbocycles. The molecule has 0 amide bonds. The standard InChI is InChI=1S/C17H35N3/c1-5-20-11-7-9-16(20)12-19(4)17(13-18)10-6-8-14(2)15(17)3/h14-16H,5-13,18H2,1-4H3. The summed E-state index contributed by atoms with van der Waals surface area (Å²) >= 11 is 0. The minimum atomic E-state index is 0.236. The third-order valence-electron chi connectivity index (χ3n) is 6.47. The third-order valence-corrected chi connectivity index (χ3v) is 6.47. The zero-order chi connectivity index (χ0) is 14.8. The molecule has 2 N–H and O–H groups in total. The normalized spacial score (nSPS) is 39.6. The number of hydrogen-bond donors (Lipinski definition) is 1. The van der Waals surface area contributed by atoms with Crippen molar-refractivity contribution in [2.45, 2.75) is 64.5 Å². The molecule has 1 aliphatic heterocycles. The molecule has 0 aromatic carbocycles. The quantitative estimate of drug-likeness (QED) is 0.840. The van der Waals surface area contributed by atoms with Crippen molar-refractivity contribution < 1.29 is 0 Å². The van der Waals surface area contributed by atoms with Gasteiger partial charge >= 0.3 is 0 Å². The molecule has 3 heteroatoms. The van der Waals surface area contributed by atoms with Gasteiger partial charge in [0, 0.05) is 24.7 Å². The summed E-state index contributed by atoms with van der Waals surface area (Å²) in [5, 5.41) is 0. The maximum Gasteiger partial charge on any atom is 0.0357 e. The second-order valence-electron chi connectivity index (χ2n) is 7.27. The van der Waals surface area contributed by atoms with E-state index < -0.39 is 0 Å². The first-order chi connectivity index (χ1) is 9.55. The first-order valence-electron chi connectivity index (χ1n) is 8.70. The predicted octanol–water partition coefficient (Wildman–Crippen LogP) is 2.56. The molecule has 0 bridgehead atoms. The maximum absolute atomic E-state index is 6.28. The van der Waals surface area contributed by atoms with Gasteiger partial charge in [0.2, 0.25) is 0 Å². The topological polar surface area (TPSA) is 32.5 Å². The molecule has 118 valence electrons. The predicted molar refractivity (Wildman–Crippen MR) is 86.9 cm³/mol. The Morgan fingerprint density at radius 1 is 1.25 bits per heavy atom. The summed E-state index contributed by atoms with van der Waals surface area (Å²) in [6.07, 6.45) is 6.73. The Hall–Kier alpha value is -0.120. The number of nitrogens with two attached hydrogens (primary N) is 1. The molecule has 2 aliphatic rings. The number of hydrogen-bond acceptors (Lipinski definition) is 3. The van der Waals surface area contributed by atoms with Crippen LogP contribution in [0.5, 0.6) is 0 Å². The number of likely N-dealkylation sites (N-methyl/N-ethyl adjacent to an activating group) is 2. The lowest BCUT2D eigenvalue weighted by Crippen LogP contribution is -2.61. The lowest BCUT2D eigenvalue weighted by molar-refractivity contribution is -0.00552. The van der Waals surface area contributed by atoms with Crippen LogP contribution in [-0.2, 0) is 0 Å². The van der Waals surface area contributed by atoms with Crippen molar-refractivity contribution in [3.8, 4) is 0 Å². The van der Waals surface area contributed by atoms with Crippen molar-refractivity contribution in [2.24, 2.45) is 17.6 Å². The Balaban J connectivity index is 2.06. The van der Waals surface area contributed by atoms with Crippen molar-refractivity contribution in [1.29, 1.82) is 0 Å². The van der Waals surface area contributed by atoms with Gasteiger partial charge in [-0.05, 0) is 51.2 Å². The van der Waals surface area contributed by atoms with Gasteiger partial charge in [-0.1, -0.05) is 33.6 Å². The smallest absolute Gasteiger partial charge is 0.0357 e. The molecule has 1 heterocycles. The van der Waals surface area contributed by atoms with Gasteiger partial charge < -0.3 is 5.73 Å². The lowest BCUT2D eigenvalue weighted by Gasteiger charge is -2.52. The second-order valence-corrected chi connectivity index (χ2v) is 7.27. The minimum Gasteiger partial charge on any atom is -0.329 e. The Morgan fingerprint density at radius 2 is 2.00 bits per heavy atom. The van der Waals surface area contributed by atoms with E-state index in [1.54, 1.807) is 0 Å². The van der Waals surface area contributed by atoms with Crippen LogP contribution in [-0.4, -0.2) is 54.6 Å². The van der Waals surface area contributed by atoms with Gasteiger partial charge in [-0.3, -0.25) is 9.80 Å². The second kappa shape index (κ2) is 6.76. The van der Waals surface area contributed by atoms with Crippen LogP contribution in [0.25, 0.3) is 0 Å². The molecule has 4 unspecified atom stereocenters. The summed E-state index contributed by atoms with van der Waals surface area (Å²) in [6.45, 7) is 11.6. The van der Waals surface area contributed by atoms with Gasteiger partial charge in [0.05, 0.1) is 0 Å². The van der Waals surface area contributed by atoms with Crippen molar-refractivity contribution in [2.75, 3.05) is 33.2 Å². The number of nitrogens with zero attached hydrogens (tertiary/aromatic N) is 2. The highest BCUT2D eigenvalue weighted by Crippen LogP contribution is 2.41. The Labute approximate surface area is 125 Å². The molecule has 3 nitrogen and oxygen atoms in total. The van der Waals surface area contributed by atoms with Crippen molar-refractivity contribution >= 4 is 0 Å². The Kier molecular flexibility index (Phi) is 5.49. The molecule has 0 aromatic heterocycles. The molecule has 1 aliphatic carbocycles. The van der Waals surface area contributed by atoms with E-state index >= 15 is 0 Å². The van der Waals surface area contributed by atoms with E-state index in [9.17, 15) is 0 Å². The Morgan fingerprint density at radius 3 is 2.65 bits per heavy atom. The summed E-state index contributed by atoms with van der Waals surface area (Å²) in [6, 6.07) is 0.748. The SMILES string of the molecule is CCN1CCCC1CN(C)C1(CN)CCCC(C)C1C. The van der Waals surface area contributed by atoms with Gasteiger partial charge in [-0.15, -0.1) is 0 Å². The summed E-state index contributed by atoms with van der Waals surface area (Å²) in [7, 11) is 2.33. The van der Waals surface area contributed by atoms with E-state index in [0.717, 1.165) is 18.5 Å². The largest absolute Gasteiger partial charge is 0.329 e. The van der Waals surface area contributed by atoms with Crippen LogP contribution in [0.3, 0.4) is 0 Å². The van der Waals surface area contributed by atoms with E-state index in [0.29, 0.717) is 5.92 Å². The maximum atomic E-state index is 6.28. The third kappa shape index (κ3) is 2.90. The highest BCUT2D eigenvalue weighted by molar-refractivity contribution is 5.00. The van der Waals surface area contributed by atoms with Crippen LogP contribution in [0, 0.1) is 11.8 Å². The molecule has 1 saturated heterocycles. The molecule has 0 spiro atoms. The molecule has 0 aromatic rings. The molecule has 2 rings (SSSR count). The van der Waals surface area contributed by atoms with Gasteiger partial charge in [-0.25, -0.2) is 0 Å². The van der Waals surface area contributed by atoms with Gasteiger partial charge in [0.25, 0.3) is 0 Å². The fraction of sp³-hybridized carbons (Fsp3) is 1.00. The van der Waals surface area contributed by atoms with Crippen LogP contribution < -0.4 is 5.73 Å². The van der Waals surface area contributed by atoms with Crippen molar-refractivity contribution in [3.05, 3.63) is 0 Å². The van der Waals surface area contributed by atoms with E-state index in [1.807, 2.05) is 0 Å². The highest BCUT2D eigenvalue weighted by atomic mass is 15.3. The van der Waals surface area contributed by atoms with Crippen LogP contribution in [0.1, 0.15) is 52.9 Å². The highest BCUT2D eigenvalue weighted by Gasteiger charge is 2.44. The van der Waals surface area contributed by atoms with Crippen molar-refractivity contribution in [1.82, 2.24) is 9.80 Å². The fourth-order valence-corrected chi connectivity index (χ4v) is 4.74. The Bertz CT molecular complexity index is 307. The van der Waals surface area contributed by atoms with Gasteiger partial charge in [0.15, 0.2) is 0 Å². The molecule has 2 fully saturated rings. The molecule has 0 radical (unpaired) electrons. The number of rotatable bonds is 5. The average Bonchev–Trinajstić information content (AvgIpc) is 2.89. The monoisotopic (exact) mass is 281 g/mol. The van der Waals surface area contributed by atoms with Crippen LogP contribution >= 0.6 is 0 Å². The first kappa shape index (κ1) is 16.3. The van der Waals surface area contributed by atoms with E-state index in [4.69, 9.17) is 5.73 Å². The number of likely N-dealkylation sites (tertiary alicyclic amines) is 1. The lowest BCUT2D eigenvalue weighted by atomic mass is 9.67. The molecular weight excluding hydrogens is 246 g/mol. The summed E-state index contributed by atoms with van der Waals surface area (Å²) < 4.78 is 0. The molecular formula is C17H35N3. The minimum absolute atomic E-state index is 0.236. The molecule has 20 heavy (non-hydrogen) atoms. The summed E-state index contributed by atoms with van der Waals surface area (Å²) in [5.74, 6) is 1.52. The summed E-state index contributed by atoms with van der Waals surface area (Å²) in [4.78, 5) is 5.28. The van der Waals surface area contributed by atoms with E-state index in [1.165, 1.54) is 51.7 Å². The van der Waals surface area contributed by atoms with E-state index in [-0.39, 0.29) is 5.54 Å². The summed E-state index contributed by atoms with van der Waals surface area (Å²) in [5.41, 5.74) is 6.51. The van der Waals surface area contributed by atoms with Crippen LogP contribution in [0.2, 0.25) is 0 Å². The zero-order valence-electron chi connectivity index (χ0n) is 14.1. The van der Waals surface area contributed by atoms with Crippen LogP contribution in [0.4, 0.5) is 0 Å². The fourth-order valence-electron chi connectivity index (χ4n) is 4.74. The zero-order valence-corrected chi connectivity index (χ0v) is 14.1. The molecule has 4 atom stereocenters. The van der Waals surface area contributed by atoms with Gasteiger partial charge in [-0.2, -0.15) is 0 Å². The van der Waals surface area contributed by atoms with Crippen LogP contribution in [0.15, 0.2) is 0 Å². The van der Waals surface area contributed by atoms with Crippen molar-refractivity contribution in [3.63, 3.8) is 0 Å². The van der Waals surface area contributed by atoms with Gasteiger partial charge in [0.1, 0.15) is 0 Å². The average molecular weight is 281 g/mol. The van der Waals surface area contributed by atoms with E-state index in [2.05, 4.69) is 37.6 Å². The first-order valence-corrected chi connectivity index (χ1v) is 8.70.